The van der Waals surface area contributed by atoms with Crippen LogP contribution in [0.15, 0.2) is 63.9 Å². The lowest BCUT2D eigenvalue weighted by atomic mass is 10.1. The quantitative estimate of drug-likeness (QED) is 0.692. The summed E-state index contributed by atoms with van der Waals surface area (Å²) in [6.45, 7) is -0.132. The van der Waals surface area contributed by atoms with Crippen molar-refractivity contribution < 1.29 is 8.78 Å². The van der Waals surface area contributed by atoms with E-state index in [1.165, 1.54) is 6.07 Å². The minimum Gasteiger partial charge on any atom is -0.268 e. The molecule has 0 fully saturated rings. The van der Waals surface area contributed by atoms with Crippen LogP contribution in [0.1, 0.15) is 5.56 Å². The van der Waals surface area contributed by atoms with Crippen LogP contribution >= 0.6 is 15.9 Å². The zero-order valence-electron chi connectivity index (χ0n) is 11.8. The van der Waals surface area contributed by atoms with Gasteiger partial charge in [-0.3, -0.25) is 4.79 Å². The Morgan fingerprint density at radius 3 is 2.48 bits per heavy atom. The molecule has 116 valence electrons. The highest BCUT2D eigenvalue weighted by atomic mass is 79.9. The summed E-state index contributed by atoms with van der Waals surface area (Å²) in [4.78, 5) is 11.9. The normalized spacial score (nSPS) is 10.7. The number of benzene rings is 2. The largest absolute Gasteiger partial charge is 0.268 e. The van der Waals surface area contributed by atoms with Crippen LogP contribution in [0.5, 0.6) is 0 Å². The van der Waals surface area contributed by atoms with E-state index in [2.05, 4.69) is 21.0 Å². The fraction of sp³-hybridized carbons (Fsp3) is 0.0588. The van der Waals surface area contributed by atoms with E-state index in [-0.39, 0.29) is 17.7 Å². The second-order valence-corrected chi connectivity index (χ2v) is 5.87. The standard InChI is InChI=1S/C17H11BrF2N2O/c18-13-3-1-11(2-4-13)16-7-8-17(23)22(21-16)10-12-9-14(19)5-6-15(12)20/h1-9H,10H2. The molecule has 2 aromatic carbocycles. The summed E-state index contributed by atoms with van der Waals surface area (Å²) in [5.74, 6) is -1.13. The summed E-state index contributed by atoms with van der Waals surface area (Å²) in [5, 5.41) is 4.24. The number of nitrogens with zero attached hydrogens (tertiary/aromatic N) is 2. The number of rotatable bonds is 3. The third kappa shape index (κ3) is 3.53. The molecule has 0 aliphatic carbocycles. The fourth-order valence-corrected chi connectivity index (χ4v) is 2.43. The van der Waals surface area contributed by atoms with Crippen molar-refractivity contribution in [3.63, 3.8) is 0 Å². The van der Waals surface area contributed by atoms with Gasteiger partial charge in [0.1, 0.15) is 11.6 Å². The molecular formula is C17H11BrF2N2O. The molecule has 1 heterocycles. The van der Waals surface area contributed by atoms with E-state index in [9.17, 15) is 13.6 Å². The average Bonchev–Trinajstić information content (AvgIpc) is 2.54. The number of hydrogen-bond donors (Lipinski definition) is 0. The molecule has 3 aromatic rings. The lowest BCUT2D eigenvalue weighted by molar-refractivity contribution is 0.558. The molecule has 0 atom stereocenters. The molecule has 0 saturated carbocycles. The maximum Gasteiger partial charge on any atom is 0.267 e. The van der Waals surface area contributed by atoms with Gasteiger partial charge < -0.3 is 0 Å². The smallest absolute Gasteiger partial charge is 0.267 e. The van der Waals surface area contributed by atoms with Gasteiger partial charge in [-0.25, -0.2) is 13.5 Å². The molecule has 3 rings (SSSR count). The van der Waals surface area contributed by atoms with Gasteiger partial charge >= 0.3 is 0 Å². The molecule has 0 aliphatic heterocycles. The molecule has 0 bridgehead atoms. The molecule has 6 heteroatoms. The monoisotopic (exact) mass is 376 g/mol. The van der Waals surface area contributed by atoms with Crippen LogP contribution in [-0.4, -0.2) is 9.78 Å². The Morgan fingerprint density at radius 2 is 1.74 bits per heavy atom. The van der Waals surface area contributed by atoms with Crippen molar-refractivity contribution in [1.29, 1.82) is 0 Å². The van der Waals surface area contributed by atoms with E-state index >= 15 is 0 Å². The van der Waals surface area contributed by atoms with Crippen molar-refractivity contribution in [2.45, 2.75) is 6.54 Å². The highest BCUT2D eigenvalue weighted by molar-refractivity contribution is 9.10. The Labute approximate surface area is 139 Å². The zero-order chi connectivity index (χ0) is 16.4. The first-order chi connectivity index (χ1) is 11.0. The van der Waals surface area contributed by atoms with Crippen molar-refractivity contribution in [3.05, 3.63) is 86.6 Å². The van der Waals surface area contributed by atoms with E-state index in [0.29, 0.717) is 5.69 Å². The van der Waals surface area contributed by atoms with E-state index in [0.717, 1.165) is 32.9 Å². The Bertz CT molecular complexity index is 907. The molecule has 23 heavy (non-hydrogen) atoms. The van der Waals surface area contributed by atoms with Gasteiger partial charge in [0, 0.05) is 21.7 Å². The first-order valence-electron chi connectivity index (χ1n) is 6.81. The van der Waals surface area contributed by atoms with Crippen LogP contribution in [0.25, 0.3) is 11.3 Å². The summed E-state index contributed by atoms with van der Waals surface area (Å²) < 4.78 is 29.0. The van der Waals surface area contributed by atoms with E-state index in [4.69, 9.17) is 0 Å². The molecule has 1 aromatic heterocycles. The second kappa shape index (κ2) is 6.42. The maximum absolute atomic E-state index is 13.7. The van der Waals surface area contributed by atoms with Crippen molar-refractivity contribution in [1.82, 2.24) is 9.78 Å². The lowest BCUT2D eigenvalue weighted by Crippen LogP contribution is -2.23. The summed E-state index contributed by atoms with van der Waals surface area (Å²) in [5.41, 5.74) is 1.10. The second-order valence-electron chi connectivity index (χ2n) is 4.96. The first kappa shape index (κ1) is 15.6. The van der Waals surface area contributed by atoms with Gasteiger partial charge in [-0.1, -0.05) is 28.1 Å². The van der Waals surface area contributed by atoms with Crippen molar-refractivity contribution in [2.75, 3.05) is 0 Å². The van der Waals surface area contributed by atoms with Crippen molar-refractivity contribution >= 4 is 15.9 Å². The molecule has 3 nitrogen and oxygen atoms in total. The topological polar surface area (TPSA) is 34.9 Å². The predicted molar refractivity (Wildman–Crippen MR) is 87.1 cm³/mol. The van der Waals surface area contributed by atoms with Gasteiger partial charge in [-0.05, 0) is 36.4 Å². The van der Waals surface area contributed by atoms with Gasteiger partial charge in [0.2, 0.25) is 0 Å². The summed E-state index contributed by atoms with van der Waals surface area (Å²) >= 11 is 3.35. The predicted octanol–water partition coefficient (Wildman–Crippen LogP) is 4.00. The lowest BCUT2D eigenvalue weighted by Gasteiger charge is -2.08. The van der Waals surface area contributed by atoms with Crippen LogP contribution in [0, 0.1) is 11.6 Å². The first-order valence-corrected chi connectivity index (χ1v) is 7.60. The van der Waals surface area contributed by atoms with E-state index in [1.54, 1.807) is 6.07 Å². The van der Waals surface area contributed by atoms with Gasteiger partial charge in [0.05, 0.1) is 12.2 Å². The highest BCUT2D eigenvalue weighted by Gasteiger charge is 2.08. The Morgan fingerprint density at radius 1 is 1.00 bits per heavy atom. The van der Waals surface area contributed by atoms with Gasteiger partial charge in [0.15, 0.2) is 0 Å². The molecule has 0 aliphatic rings. The summed E-state index contributed by atoms with van der Waals surface area (Å²) in [7, 11) is 0. The van der Waals surface area contributed by atoms with Gasteiger partial charge in [-0.15, -0.1) is 0 Å². The fourth-order valence-electron chi connectivity index (χ4n) is 2.16. The minimum atomic E-state index is -0.575. The highest BCUT2D eigenvalue weighted by Crippen LogP contribution is 2.19. The zero-order valence-corrected chi connectivity index (χ0v) is 13.4. The van der Waals surface area contributed by atoms with Gasteiger partial charge in [-0.2, -0.15) is 5.10 Å². The van der Waals surface area contributed by atoms with Crippen LogP contribution in [0.3, 0.4) is 0 Å². The molecule has 0 unspecified atom stereocenters. The molecule has 0 N–H and O–H groups in total. The van der Waals surface area contributed by atoms with E-state index < -0.39 is 11.6 Å². The minimum absolute atomic E-state index is 0.0764. The Hall–Kier alpha value is -2.34. The number of halogens is 3. The molecule has 0 saturated heterocycles. The van der Waals surface area contributed by atoms with Crippen molar-refractivity contribution in [2.24, 2.45) is 0 Å². The van der Waals surface area contributed by atoms with Crippen LogP contribution in [-0.2, 0) is 6.54 Å². The molecule has 0 amide bonds. The SMILES string of the molecule is O=c1ccc(-c2ccc(Br)cc2)nn1Cc1cc(F)ccc1F. The third-order valence-electron chi connectivity index (χ3n) is 3.33. The Kier molecular flexibility index (Phi) is 4.34. The molecular weight excluding hydrogens is 366 g/mol. The van der Waals surface area contributed by atoms with Crippen LogP contribution < -0.4 is 5.56 Å². The number of hydrogen-bond acceptors (Lipinski definition) is 2. The third-order valence-corrected chi connectivity index (χ3v) is 3.86. The summed E-state index contributed by atoms with van der Waals surface area (Å²) in [6.07, 6.45) is 0. The summed E-state index contributed by atoms with van der Waals surface area (Å²) in [6, 6.07) is 13.5. The number of aromatic nitrogens is 2. The maximum atomic E-state index is 13.7. The van der Waals surface area contributed by atoms with Crippen molar-refractivity contribution in [3.8, 4) is 11.3 Å². The van der Waals surface area contributed by atoms with Gasteiger partial charge in [0.25, 0.3) is 5.56 Å². The van der Waals surface area contributed by atoms with E-state index in [1.807, 2.05) is 24.3 Å². The van der Waals surface area contributed by atoms with Crippen LogP contribution in [0.2, 0.25) is 0 Å². The average molecular weight is 377 g/mol. The molecule has 0 spiro atoms. The Balaban J connectivity index is 1.99. The van der Waals surface area contributed by atoms with Crippen LogP contribution in [0.4, 0.5) is 8.78 Å². The molecule has 0 radical (unpaired) electrons.